The lowest BCUT2D eigenvalue weighted by atomic mass is 9.89. The van der Waals surface area contributed by atoms with Gasteiger partial charge in [-0.1, -0.05) is 66.4 Å². The Morgan fingerprint density at radius 2 is 1.47 bits per heavy atom. The molecule has 0 unspecified atom stereocenters. The van der Waals surface area contributed by atoms with Crippen LogP contribution in [0.25, 0.3) is 33.2 Å². The van der Waals surface area contributed by atoms with Crippen molar-refractivity contribution < 1.29 is 4.57 Å². The predicted molar refractivity (Wildman–Crippen MR) is 136 cm³/mol. The minimum absolute atomic E-state index is 0.698. The molecule has 0 spiro atoms. The molecule has 1 fully saturated rings. The van der Waals surface area contributed by atoms with Crippen molar-refractivity contribution in [2.24, 2.45) is 7.05 Å². The third-order valence-electron chi connectivity index (χ3n) is 7.51. The normalized spacial score (nSPS) is 14.4. The molecule has 0 amide bonds. The summed E-state index contributed by atoms with van der Waals surface area (Å²) in [5.41, 5.74) is 12.2. The van der Waals surface area contributed by atoms with Gasteiger partial charge in [0, 0.05) is 11.6 Å². The first-order valence-corrected chi connectivity index (χ1v) is 12.0. The van der Waals surface area contributed by atoms with Gasteiger partial charge in [0.2, 0.25) is 5.69 Å². The van der Waals surface area contributed by atoms with Crippen molar-refractivity contribution in [3.8, 4) is 22.4 Å². The van der Waals surface area contributed by atoms with E-state index in [0.717, 1.165) is 0 Å². The summed E-state index contributed by atoms with van der Waals surface area (Å²) < 4.78 is 2.32. The van der Waals surface area contributed by atoms with Gasteiger partial charge in [0.25, 0.3) is 0 Å². The molecule has 0 radical (unpaired) electrons. The summed E-state index contributed by atoms with van der Waals surface area (Å²) in [6.45, 7) is 8.83. The Morgan fingerprint density at radius 1 is 0.750 bits per heavy atom. The Bertz CT molecular complexity index is 1310. The highest BCUT2D eigenvalue weighted by molar-refractivity contribution is 5.97. The first-order valence-electron chi connectivity index (χ1n) is 12.0. The van der Waals surface area contributed by atoms with Crippen molar-refractivity contribution in [1.29, 1.82) is 0 Å². The van der Waals surface area contributed by atoms with Crippen LogP contribution in [-0.2, 0) is 7.05 Å². The fourth-order valence-electron chi connectivity index (χ4n) is 5.52. The summed E-state index contributed by atoms with van der Waals surface area (Å²) >= 11 is 0. The standard InChI is InChI=1S/C31H34N/c1-20-10-12-25(13-11-20)29-17-26(24-8-6-7-9-24)16-27-18-31(32(5)19-30(27)29)28-15-21(2)14-22(3)23(28)4/h10-19,24H,6-9H2,1-5H3/q+1. The molecule has 0 bridgehead atoms. The summed E-state index contributed by atoms with van der Waals surface area (Å²) in [6, 6.07) is 21.0. The van der Waals surface area contributed by atoms with Crippen LogP contribution in [0.15, 0.2) is 60.8 Å². The number of hydrogen-bond acceptors (Lipinski definition) is 0. The van der Waals surface area contributed by atoms with E-state index in [9.17, 15) is 0 Å². The molecule has 1 aliphatic rings. The third kappa shape index (κ3) is 3.75. The third-order valence-corrected chi connectivity index (χ3v) is 7.51. The molecule has 162 valence electrons. The maximum atomic E-state index is 2.48. The smallest absolute Gasteiger partial charge is 0.200 e. The molecular weight excluding hydrogens is 386 g/mol. The summed E-state index contributed by atoms with van der Waals surface area (Å²) in [7, 11) is 2.19. The van der Waals surface area contributed by atoms with Gasteiger partial charge in [0.15, 0.2) is 6.20 Å². The van der Waals surface area contributed by atoms with Gasteiger partial charge in [-0.2, -0.15) is 0 Å². The lowest BCUT2D eigenvalue weighted by Crippen LogP contribution is -2.31. The quantitative estimate of drug-likeness (QED) is 0.297. The zero-order valence-electron chi connectivity index (χ0n) is 20.1. The first kappa shape index (κ1) is 20.9. The van der Waals surface area contributed by atoms with Crippen LogP contribution in [0.5, 0.6) is 0 Å². The van der Waals surface area contributed by atoms with Crippen molar-refractivity contribution in [2.45, 2.75) is 59.3 Å². The van der Waals surface area contributed by atoms with E-state index in [0.29, 0.717) is 5.92 Å². The SMILES string of the molecule is Cc1ccc(-c2cc(C3CCCC3)cc3cc(-c4cc(C)cc(C)c4C)[n+](C)cc23)cc1. The highest BCUT2D eigenvalue weighted by atomic mass is 14.9. The number of nitrogens with zero attached hydrogens (tertiary/aromatic N) is 1. The van der Waals surface area contributed by atoms with Crippen LogP contribution >= 0.6 is 0 Å². The molecule has 1 saturated carbocycles. The summed E-state index contributed by atoms with van der Waals surface area (Å²) in [5, 5.41) is 2.69. The second-order valence-electron chi connectivity index (χ2n) is 9.94. The topological polar surface area (TPSA) is 3.88 Å². The number of benzene rings is 3. The Labute approximate surface area is 192 Å². The monoisotopic (exact) mass is 420 g/mol. The largest absolute Gasteiger partial charge is 0.213 e. The van der Waals surface area contributed by atoms with Gasteiger partial charge in [0.1, 0.15) is 7.05 Å². The molecule has 0 aliphatic heterocycles. The van der Waals surface area contributed by atoms with Crippen molar-refractivity contribution in [3.63, 3.8) is 0 Å². The Balaban J connectivity index is 1.77. The number of pyridine rings is 1. The lowest BCUT2D eigenvalue weighted by molar-refractivity contribution is -0.659. The van der Waals surface area contributed by atoms with E-state index in [-0.39, 0.29) is 0 Å². The Morgan fingerprint density at radius 3 is 2.19 bits per heavy atom. The second kappa shape index (κ2) is 8.20. The number of aromatic nitrogens is 1. The van der Waals surface area contributed by atoms with Crippen molar-refractivity contribution >= 4 is 10.8 Å². The van der Waals surface area contributed by atoms with Crippen molar-refractivity contribution in [1.82, 2.24) is 0 Å². The van der Waals surface area contributed by atoms with E-state index in [1.165, 1.54) is 86.7 Å². The Kier molecular flexibility index (Phi) is 5.37. The van der Waals surface area contributed by atoms with Crippen LogP contribution in [0.3, 0.4) is 0 Å². The van der Waals surface area contributed by atoms with Crippen LogP contribution in [0.2, 0.25) is 0 Å². The van der Waals surface area contributed by atoms with Gasteiger partial charge in [-0.15, -0.1) is 0 Å². The van der Waals surface area contributed by atoms with Crippen LogP contribution in [0.1, 0.15) is 59.4 Å². The van der Waals surface area contributed by atoms with Crippen LogP contribution < -0.4 is 4.57 Å². The molecule has 1 nitrogen and oxygen atoms in total. The van der Waals surface area contributed by atoms with E-state index in [1.54, 1.807) is 0 Å². The average molecular weight is 421 g/mol. The minimum atomic E-state index is 0.698. The predicted octanol–water partition coefficient (Wildman–Crippen LogP) is 7.89. The zero-order chi connectivity index (χ0) is 22.4. The molecule has 3 aromatic carbocycles. The summed E-state index contributed by atoms with van der Waals surface area (Å²) in [6.07, 6.45) is 7.71. The number of fused-ring (bicyclic) bond motifs is 1. The molecular formula is C31H34N+. The second-order valence-corrected chi connectivity index (χ2v) is 9.94. The average Bonchev–Trinajstić information content (AvgIpc) is 3.31. The number of rotatable bonds is 3. The zero-order valence-corrected chi connectivity index (χ0v) is 20.1. The van der Waals surface area contributed by atoms with E-state index >= 15 is 0 Å². The molecule has 1 aromatic heterocycles. The van der Waals surface area contributed by atoms with Crippen molar-refractivity contribution in [2.75, 3.05) is 0 Å². The van der Waals surface area contributed by atoms with Gasteiger partial charge in [-0.3, -0.25) is 0 Å². The highest BCUT2D eigenvalue weighted by Gasteiger charge is 2.22. The van der Waals surface area contributed by atoms with Crippen LogP contribution in [-0.4, -0.2) is 0 Å². The molecule has 0 N–H and O–H groups in total. The maximum absolute atomic E-state index is 2.48. The van der Waals surface area contributed by atoms with Crippen molar-refractivity contribution in [3.05, 3.63) is 88.6 Å². The molecule has 4 aromatic rings. The van der Waals surface area contributed by atoms with Crippen LogP contribution in [0, 0.1) is 27.7 Å². The van der Waals surface area contributed by atoms with Gasteiger partial charge in [0.05, 0.1) is 5.39 Å². The van der Waals surface area contributed by atoms with E-state index in [2.05, 4.69) is 100 Å². The number of hydrogen-bond donors (Lipinski definition) is 0. The Hall–Kier alpha value is -2.93. The molecule has 1 heterocycles. The molecule has 0 atom stereocenters. The number of aryl methyl sites for hydroxylation is 4. The van der Waals surface area contributed by atoms with Gasteiger partial charge in [-0.25, -0.2) is 4.57 Å². The van der Waals surface area contributed by atoms with Gasteiger partial charge in [-0.05, 0) is 85.7 Å². The van der Waals surface area contributed by atoms with E-state index in [4.69, 9.17) is 0 Å². The van der Waals surface area contributed by atoms with Gasteiger partial charge < -0.3 is 0 Å². The van der Waals surface area contributed by atoms with Gasteiger partial charge >= 0.3 is 0 Å². The fraction of sp³-hybridized carbons (Fsp3) is 0.323. The maximum Gasteiger partial charge on any atom is 0.213 e. The highest BCUT2D eigenvalue weighted by Crippen LogP contribution is 2.39. The summed E-state index contributed by atoms with van der Waals surface area (Å²) in [4.78, 5) is 0. The minimum Gasteiger partial charge on any atom is -0.200 e. The van der Waals surface area contributed by atoms with E-state index in [1.807, 2.05) is 0 Å². The molecule has 0 saturated heterocycles. The molecule has 1 aliphatic carbocycles. The molecule has 1 heteroatoms. The first-order chi connectivity index (χ1) is 15.4. The molecule has 5 rings (SSSR count). The molecule has 32 heavy (non-hydrogen) atoms. The van der Waals surface area contributed by atoms with E-state index < -0.39 is 0 Å². The van der Waals surface area contributed by atoms with Crippen LogP contribution in [0.4, 0.5) is 0 Å². The summed E-state index contributed by atoms with van der Waals surface area (Å²) in [5.74, 6) is 0.698. The fourth-order valence-corrected chi connectivity index (χ4v) is 5.52. The lowest BCUT2D eigenvalue weighted by Gasteiger charge is -2.16.